The van der Waals surface area contributed by atoms with Crippen molar-refractivity contribution >= 4 is 27.3 Å². The van der Waals surface area contributed by atoms with Crippen LogP contribution in [0.2, 0.25) is 0 Å². The summed E-state index contributed by atoms with van der Waals surface area (Å²) in [5.74, 6) is 0.802. The highest BCUT2D eigenvalue weighted by Gasteiger charge is 2.03. The van der Waals surface area contributed by atoms with Gasteiger partial charge in [0.1, 0.15) is 12.4 Å². The molecule has 1 aromatic heterocycles. The van der Waals surface area contributed by atoms with Gasteiger partial charge in [-0.05, 0) is 59.4 Å². The van der Waals surface area contributed by atoms with Crippen LogP contribution < -0.4 is 4.74 Å². The Kier molecular flexibility index (Phi) is 5.60. The van der Waals surface area contributed by atoms with Gasteiger partial charge in [0.05, 0.1) is 15.4 Å². The Balaban J connectivity index is 1.73. The van der Waals surface area contributed by atoms with Crippen molar-refractivity contribution in [3.05, 3.63) is 50.6 Å². The molecule has 0 aliphatic carbocycles. The minimum absolute atomic E-state index is 0.634. The second-order valence-corrected chi connectivity index (χ2v) is 6.98. The van der Waals surface area contributed by atoms with E-state index >= 15 is 0 Å². The maximum absolute atomic E-state index is 8.72. The molecule has 1 aromatic carbocycles. The van der Waals surface area contributed by atoms with Crippen LogP contribution in [0.3, 0.4) is 0 Å². The zero-order valence-electron chi connectivity index (χ0n) is 11.2. The molecule has 0 saturated carbocycles. The quantitative estimate of drug-likeness (QED) is 0.792. The van der Waals surface area contributed by atoms with Gasteiger partial charge in [-0.3, -0.25) is 4.90 Å². The van der Waals surface area contributed by atoms with Gasteiger partial charge in [0.25, 0.3) is 0 Å². The van der Waals surface area contributed by atoms with E-state index in [2.05, 4.69) is 46.1 Å². The number of halogens is 1. The Morgan fingerprint density at radius 1 is 1.25 bits per heavy atom. The standard InChI is InChI=1S/C15H15BrN2OS/c1-18(11-14-6-7-15(16)20-14)8-9-19-13-4-2-12(10-17)3-5-13/h2-7H,8-9,11H2,1H3. The average molecular weight is 351 g/mol. The Morgan fingerprint density at radius 2 is 2.00 bits per heavy atom. The normalized spacial score (nSPS) is 10.5. The van der Waals surface area contributed by atoms with Crippen molar-refractivity contribution in [3.63, 3.8) is 0 Å². The highest BCUT2D eigenvalue weighted by atomic mass is 79.9. The van der Waals surface area contributed by atoms with Gasteiger partial charge in [-0.1, -0.05) is 0 Å². The van der Waals surface area contributed by atoms with E-state index in [0.717, 1.165) is 22.6 Å². The summed E-state index contributed by atoms with van der Waals surface area (Å²) in [6.07, 6.45) is 0. The van der Waals surface area contributed by atoms with Crippen LogP contribution in [-0.4, -0.2) is 25.1 Å². The van der Waals surface area contributed by atoms with Crippen molar-refractivity contribution in [2.75, 3.05) is 20.2 Å². The molecule has 104 valence electrons. The maximum atomic E-state index is 8.72. The molecule has 5 heteroatoms. The molecule has 3 nitrogen and oxygen atoms in total. The summed E-state index contributed by atoms with van der Waals surface area (Å²) in [7, 11) is 2.08. The average Bonchev–Trinajstić information content (AvgIpc) is 2.85. The molecule has 0 spiro atoms. The number of rotatable bonds is 6. The van der Waals surface area contributed by atoms with Crippen LogP contribution in [0.4, 0.5) is 0 Å². The number of nitrogens with zero attached hydrogens (tertiary/aromatic N) is 2. The van der Waals surface area contributed by atoms with E-state index in [9.17, 15) is 0 Å². The molecular weight excluding hydrogens is 336 g/mol. The molecule has 1 heterocycles. The molecule has 0 unspecified atom stereocenters. The van der Waals surface area contributed by atoms with E-state index in [1.165, 1.54) is 4.88 Å². The molecule has 2 rings (SSSR count). The Morgan fingerprint density at radius 3 is 2.60 bits per heavy atom. The number of benzene rings is 1. The predicted octanol–water partition coefficient (Wildman–Crippen LogP) is 3.89. The summed E-state index contributed by atoms with van der Waals surface area (Å²) in [6, 6.07) is 13.5. The van der Waals surface area contributed by atoms with Crippen LogP contribution in [0.5, 0.6) is 5.75 Å². The Labute approximate surface area is 131 Å². The molecular formula is C15H15BrN2OS. The van der Waals surface area contributed by atoms with Crippen molar-refractivity contribution in [2.24, 2.45) is 0 Å². The van der Waals surface area contributed by atoms with Gasteiger partial charge in [-0.2, -0.15) is 5.26 Å². The molecule has 0 fully saturated rings. The van der Waals surface area contributed by atoms with Gasteiger partial charge in [-0.15, -0.1) is 11.3 Å². The molecule has 0 amide bonds. The first-order valence-electron chi connectivity index (χ1n) is 6.23. The van der Waals surface area contributed by atoms with Crippen LogP contribution in [0.25, 0.3) is 0 Å². The highest BCUT2D eigenvalue weighted by Crippen LogP contribution is 2.22. The van der Waals surface area contributed by atoms with Crippen LogP contribution in [0, 0.1) is 11.3 Å². The van der Waals surface area contributed by atoms with Crippen LogP contribution in [-0.2, 0) is 6.54 Å². The van der Waals surface area contributed by atoms with Crippen molar-refractivity contribution in [1.29, 1.82) is 5.26 Å². The van der Waals surface area contributed by atoms with Crippen LogP contribution in [0.15, 0.2) is 40.2 Å². The fourth-order valence-electron chi connectivity index (χ4n) is 1.73. The largest absolute Gasteiger partial charge is 0.492 e. The SMILES string of the molecule is CN(CCOc1ccc(C#N)cc1)Cc1ccc(Br)s1. The van der Waals surface area contributed by atoms with Crippen LogP contribution in [0.1, 0.15) is 10.4 Å². The second-order valence-electron chi connectivity index (χ2n) is 4.43. The summed E-state index contributed by atoms with van der Waals surface area (Å²) in [5, 5.41) is 8.72. The van der Waals surface area contributed by atoms with E-state index in [0.29, 0.717) is 12.2 Å². The van der Waals surface area contributed by atoms with Gasteiger partial charge in [0, 0.05) is 18.0 Å². The summed E-state index contributed by atoms with van der Waals surface area (Å²) in [6.45, 7) is 2.41. The zero-order chi connectivity index (χ0) is 14.4. The molecule has 20 heavy (non-hydrogen) atoms. The van der Waals surface area contributed by atoms with Crippen LogP contribution >= 0.6 is 27.3 Å². The third-order valence-corrected chi connectivity index (χ3v) is 4.39. The van der Waals surface area contributed by atoms with Gasteiger partial charge in [-0.25, -0.2) is 0 Å². The molecule has 0 radical (unpaired) electrons. The molecule has 0 aliphatic heterocycles. The predicted molar refractivity (Wildman–Crippen MR) is 85.0 cm³/mol. The smallest absolute Gasteiger partial charge is 0.119 e. The number of likely N-dealkylation sites (N-methyl/N-ethyl adjacent to an activating group) is 1. The molecule has 2 aromatic rings. The molecule has 0 atom stereocenters. The fraction of sp³-hybridized carbons (Fsp3) is 0.267. The molecule has 0 N–H and O–H groups in total. The van der Waals surface area contributed by atoms with Gasteiger partial charge in [0.15, 0.2) is 0 Å². The maximum Gasteiger partial charge on any atom is 0.119 e. The summed E-state index contributed by atoms with van der Waals surface area (Å²) in [4.78, 5) is 3.56. The number of hydrogen-bond donors (Lipinski definition) is 0. The molecule has 0 aliphatic rings. The third kappa shape index (κ3) is 4.64. The fourth-order valence-corrected chi connectivity index (χ4v) is 3.29. The lowest BCUT2D eigenvalue weighted by Crippen LogP contribution is -2.23. The summed E-state index contributed by atoms with van der Waals surface area (Å²) >= 11 is 5.22. The molecule has 0 saturated heterocycles. The van der Waals surface area contributed by atoms with Gasteiger partial charge < -0.3 is 4.74 Å². The van der Waals surface area contributed by atoms with Gasteiger partial charge in [0.2, 0.25) is 0 Å². The number of thiophene rings is 1. The van der Waals surface area contributed by atoms with E-state index in [-0.39, 0.29) is 0 Å². The Bertz CT molecular complexity index is 589. The molecule has 0 bridgehead atoms. The minimum Gasteiger partial charge on any atom is -0.492 e. The van der Waals surface area contributed by atoms with E-state index in [4.69, 9.17) is 10.00 Å². The summed E-state index contributed by atoms with van der Waals surface area (Å²) in [5.41, 5.74) is 0.651. The summed E-state index contributed by atoms with van der Waals surface area (Å²) < 4.78 is 6.82. The lowest BCUT2D eigenvalue weighted by atomic mass is 10.2. The zero-order valence-corrected chi connectivity index (χ0v) is 13.6. The Hall–Kier alpha value is -1.35. The number of ether oxygens (including phenoxy) is 1. The van der Waals surface area contributed by atoms with E-state index < -0.39 is 0 Å². The minimum atomic E-state index is 0.634. The van der Waals surface area contributed by atoms with Crippen molar-refractivity contribution in [3.8, 4) is 11.8 Å². The number of nitriles is 1. The monoisotopic (exact) mass is 350 g/mol. The first-order valence-corrected chi connectivity index (χ1v) is 7.84. The van der Waals surface area contributed by atoms with Crippen molar-refractivity contribution < 1.29 is 4.74 Å². The third-order valence-electron chi connectivity index (χ3n) is 2.78. The van der Waals surface area contributed by atoms with Gasteiger partial charge >= 0.3 is 0 Å². The van der Waals surface area contributed by atoms with Crippen molar-refractivity contribution in [2.45, 2.75) is 6.54 Å². The highest BCUT2D eigenvalue weighted by molar-refractivity contribution is 9.11. The number of hydrogen-bond acceptors (Lipinski definition) is 4. The van der Waals surface area contributed by atoms with E-state index in [1.807, 2.05) is 12.1 Å². The first kappa shape index (κ1) is 15.0. The first-order chi connectivity index (χ1) is 9.67. The lowest BCUT2D eigenvalue weighted by molar-refractivity contribution is 0.234. The van der Waals surface area contributed by atoms with E-state index in [1.54, 1.807) is 23.5 Å². The topological polar surface area (TPSA) is 36.3 Å². The van der Waals surface area contributed by atoms with Crippen molar-refractivity contribution in [1.82, 2.24) is 4.90 Å². The lowest BCUT2D eigenvalue weighted by Gasteiger charge is -2.16. The second kappa shape index (κ2) is 7.44.